The van der Waals surface area contributed by atoms with Crippen molar-refractivity contribution in [2.24, 2.45) is 0 Å². The number of aldehydes is 1. The van der Waals surface area contributed by atoms with E-state index in [0.717, 1.165) is 12.7 Å². The molecule has 0 rings (SSSR count). The first kappa shape index (κ1) is 13.2. The molecule has 3 heteroatoms. The van der Waals surface area contributed by atoms with E-state index in [0.29, 0.717) is 12.7 Å². The van der Waals surface area contributed by atoms with Gasteiger partial charge >= 0.3 is 5.97 Å². The van der Waals surface area contributed by atoms with Gasteiger partial charge in [-0.05, 0) is 12.5 Å². The summed E-state index contributed by atoms with van der Waals surface area (Å²) in [6, 6.07) is 0. The molecule has 0 fully saturated rings. The zero-order valence-corrected chi connectivity index (χ0v) is 7.29. The van der Waals surface area contributed by atoms with Crippen molar-refractivity contribution in [2.45, 2.75) is 19.8 Å². The predicted molar refractivity (Wildman–Crippen MR) is 47.5 cm³/mol. The van der Waals surface area contributed by atoms with E-state index in [1.165, 1.54) is 6.08 Å². The highest BCUT2D eigenvalue weighted by atomic mass is 16.5. The quantitative estimate of drug-likeness (QED) is 0.280. The Balaban J connectivity index is 0. The zero-order valence-electron chi connectivity index (χ0n) is 7.29. The molecule has 0 aliphatic carbocycles. The Kier molecular flexibility index (Phi) is 13.6. The number of esters is 1. The summed E-state index contributed by atoms with van der Waals surface area (Å²) in [7, 11) is 0. The van der Waals surface area contributed by atoms with E-state index in [1.807, 2.05) is 6.92 Å². The van der Waals surface area contributed by atoms with E-state index in [1.54, 1.807) is 0 Å². The fraction of sp³-hybridized carbons (Fsp3) is 0.333. The number of allylic oxidation sites excluding steroid dienone is 1. The van der Waals surface area contributed by atoms with E-state index < -0.39 is 0 Å². The van der Waals surface area contributed by atoms with Gasteiger partial charge in [0, 0.05) is 6.42 Å². The van der Waals surface area contributed by atoms with Crippen LogP contribution in [0, 0.1) is 0 Å². The molecular formula is C9H14O3. The summed E-state index contributed by atoms with van der Waals surface area (Å²) in [4.78, 5) is 19.4. The molecule has 0 saturated heterocycles. The van der Waals surface area contributed by atoms with Crippen LogP contribution in [0.4, 0.5) is 0 Å². The first-order chi connectivity index (χ1) is 5.72. The second kappa shape index (κ2) is 12.3. The molecular weight excluding hydrogens is 156 g/mol. The van der Waals surface area contributed by atoms with Crippen LogP contribution in [0.1, 0.15) is 19.8 Å². The lowest BCUT2D eigenvalue weighted by atomic mass is 10.3. The lowest BCUT2D eigenvalue weighted by Crippen LogP contribution is -1.96. The van der Waals surface area contributed by atoms with E-state index >= 15 is 0 Å². The van der Waals surface area contributed by atoms with Gasteiger partial charge in [-0.2, -0.15) is 0 Å². The lowest BCUT2D eigenvalue weighted by Gasteiger charge is -1.92. The maximum absolute atomic E-state index is 10.3. The van der Waals surface area contributed by atoms with E-state index in [9.17, 15) is 4.79 Å². The molecule has 0 aromatic rings. The topological polar surface area (TPSA) is 43.4 Å². The first-order valence-electron chi connectivity index (χ1n) is 3.59. The van der Waals surface area contributed by atoms with Crippen molar-refractivity contribution >= 4 is 12.3 Å². The second-order valence-corrected chi connectivity index (χ2v) is 1.78. The van der Waals surface area contributed by atoms with Gasteiger partial charge in [-0.3, -0.25) is 9.59 Å². The largest absolute Gasteiger partial charge is 0.435 e. The van der Waals surface area contributed by atoms with Gasteiger partial charge in [-0.25, -0.2) is 0 Å². The van der Waals surface area contributed by atoms with Crippen LogP contribution in [0.15, 0.2) is 25.5 Å². The second-order valence-electron chi connectivity index (χ2n) is 1.78. The summed E-state index contributed by atoms with van der Waals surface area (Å²) in [5.41, 5.74) is 0. The van der Waals surface area contributed by atoms with Crippen LogP contribution < -0.4 is 0 Å². The van der Waals surface area contributed by atoms with Crippen LogP contribution in [-0.4, -0.2) is 12.3 Å². The Morgan fingerprint density at radius 1 is 1.50 bits per heavy atom. The van der Waals surface area contributed by atoms with Crippen molar-refractivity contribution in [3.63, 3.8) is 0 Å². The summed E-state index contributed by atoms with van der Waals surface area (Å²) in [5, 5.41) is 0. The summed E-state index contributed by atoms with van der Waals surface area (Å²) in [6.07, 6.45) is 4.29. The maximum Gasteiger partial charge on any atom is 0.310 e. The van der Waals surface area contributed by atoms with Crippen molar-refractivity contribution in [3.8, 4) is 0 Å². The van der Waals surface area contributed by atoms with Gasteiger partial charge in [0.25, 0.3) is 0 Å². The molecule has 0 N–H and O–H groups in total. The molecule has 0 saturated carbocycles. The van der Waals surface area contributed by atoms with Gasteiger partial charge in [0.15, 0.2) is 0 Å². The zero-order chi connectivity index (χ0) is 9.82. The highest BCUT2D eigenvalue weighted by Crippen LogP contribution is 1.89. The van der Waals surface area contributed by atoms with Crippen molar-refractivity contribution < 1.29 is 14.3 Å². The molecule has 0 amide bonds. The number of hydrogen-bond acceptors (Lipinski definition) is 3. The molecule has 0 aliphatic rings. The molecule has 0 radical (unpaired) electrons. The standard InChI is InChI=1S/C6H10O2.C3H4O/c1-3-5-6(7)8-4-2;1-2-3-4/h4H,2-3,5H2,1H3;2-3H,1H2. The molecule has 68 valence electrons. The van der Waals surface area contributed by atoms with Gasteiger partial charge in [0.1, 0.15) is 6.29 Å². The smallest absolute Gasteiger partial charge is 0.310 e. The number of rotatable bonds is 4. The minimum absolute atomic E-state index is 0.206. The molecule has 0 aromatic carbocycles. The van der Waals surface area contributed by atoms with Gasteiger partial charge in [0.2, 0.25) is 0 Å². The predicted octanol–water partition coefficient (Wildman–Crippen LogP) is 1.84. The van der Waals surface area contributed by atoms with Gasteiger partial charge in [-0.1, -0.05) is 20.1 Å². The SMILES string of the molecule is C=CC=O.C=COC(=O)CCC. The Bertz CT molecular complexity index is 144. The minimum Gasteiger partial charge on any atom is -0.435 e. The third-order valence-corrected chi connectivity index (χ3v) is 0.765. The number of carbonyl (C=O) groups is 2. The van der Waals surface area contributed by atoms with Gasteiger partial charge < -0.3 is 4.74 Å². The van der Waals surface area contributed by atoms with Crippen LogP contribution in [0.2, 0.25) is 0 Å². The highest BCUT2D eigenvalue weighted by molar-refractivity contribution is 5.69. The van der Waals surface area contributed by atoms with Crippen LogP contribution in [0.25, 0.3) is 0 Å². The normalized spacial score (nSPS) is 7.08. The van der Waals surface area contributed by atoms with E-state index in [4.69, 9.17) is 4.79 Å². The average molecular weight is 170 g/mol. The van der Waals surface area contributed by atoms with Crippen LogP contribution >= 0.6 is 0 Å². The maximum atomic E-state index is 10.3. The molecule has 12 heavy (non-hydrogen) atoms. The fourth-order valence-electron chi connectivity index (χ4n) is 0.356. The Hall–Kier alpha value is -1.38. The Morgan fingerprint density at radius 3 is 2.25 bits per heavy atom. The fourth-order valence-corrected chi connectivity index (χ4v) is 0.356. The van der Waals surface area contributed by atoms with Crippen LogP contribution in [0.3, 0.4) is 0 Å². The molecule has 0 bridgehead atoms. The van der Waals surface area contributed by atoms with Gasteiger partial charge in [0.05, 0.1) is 6.26 Å². The minimum atomic E-state index is -0.206. The molecule has 0 heterocycles. The average Bonchev–Trinajstić information content (AvgIpc) is 2.06. The third kappa shape index (κ3) is 15.8. The van der Waals surface area contributed by atoms with Gasteiger partial charge in [-0.15, -0.1) is 0 Å². The Morgan fingerprint density at radius 2 is 2.00 bits per heavy atom. The Labute approximate surface area is 72.7 Å². The summed E-state index contributed by atoms with van der Waals surface area (Å²) >= 11 is 0. The number of ether oxygens (including phenoxy) is 1. The molecule has 0 spiro atoms. The number of hydrogen-bond donors (Lipinski definition) is 0. The van der Waals surface area contributed by atoms with E-state index in [2.05, 4.69) is 17.9 Å². The molecule has 3 nitrogen and oxygen atoms in total. The van der Waals surface area contributed by atoms with Crippen LogP contribution in [-0.2, 0) is 14.3 Å². The summed E-state index contributed by atoms with van der Waals surface area (Å²) < 4.78 is 4.41. The summed E-state index contributed by atoms with van der Waals surface area (Å²) in [5.74, 6) is -0.206. The highest BCUT2D eigenvalue weighted by Gasteiger charge is 1.94. The summed E-state index contributed by atoms with van der Waals surface area (Å²) in [6.45, 7) is 8.27. The van der Waals surface area contributed by atoms with Crippen molar-refractivity contribution in [3.05, 3.63) is 25.5 Å². The van der Waals surface area contributed by atoms with Crippen molar-refractivity contribution in [1.29, 1.82) is 0 Å². The number of carbonyl (C=O) groups excluding carboxylic acids is 2. The van der Waals surface area contributed by atoms with Crippen molar-refractivity contribution in [1.82, 2.24) is 0 Å². The third-order valence-electron chi connectivity index (χ3n) is 0.765. The lowest BCUT2D eigenvalue weighted by molar-refractivity contribution is -0.138. The first-order valence-corrected chi connectivity index (χ1v) is 3.59. The van der Waals surface area contributed by atoms with Crippen molar-refractivity contribution in [2.75, 3.05) is 0 Å². The van der Waals surface area contributed by atoms with Crippen LogP contribution in [0.5, 0.6) is 0 Å². The van der Waals surface area contributed by atoms with E-state index in [-0.39, 0.29) is 5.97 Å². The molecule has 0 aliphatic heterocycles. The monoisotopic (exact) mass is 170 g/mol. The molecule has 0 unspecified atom stereocenters. The molecule has 0 aromatic heterocycles. The molecule has 0 atom stereocenters.